The van der Waals surface area contributed by atoms with Gasteiger partial charge in [0.25, 0.3) is 0 Å². The van der Waals surface area contributed by atoms with Crippen molar-refractivity contribution in [2.45, 2.75) is 12.5 Å². The number of benzene rings is 2. The molecule has 1 unspecified atom stereocenters. The molecular formula is C25H27ClN4O. The molecule has 1 aromatic heterocycles. The zero-order valence-electron chi connectivity index (χ0n) is 17.5. The second-order valence-electron chi connectivity index (χ2n) is 7.90. The van der Waals surface area contributed by atoms with E-state index in [1.54, 1.807) is 6.07 Å². The number of aldehydes is 1. The quantitative estimate of drug-likeness (QED) is 0.567. The number of nitrogens with zero attached hydrogens (tertiary/aromatic N) is 3. The zero-order chi connectivity index (χ0) is 21.6. The predicted octanol–water partition coefficient (Wildman–Crippen LogP) is 4.08. The predicted molar refractivity (Wildman–Crippen MR) is 126 cm³/mol. The van der Waals surface area contributed by atoms with Crippen LogP contribution in [0.25, 0.3) is 11.3 Å². The van der Waals surface area contributed by atoms with Crippen LogP contribution < -0.4 is 5.73 Å². The van der Waals surface area contributed by atoms with E-state index in [9.17, 15) is 4.79 Å². The summed E-state index contributed by atoms with van der Waals surface area (Å²) in [5.41, 5.74) is 10.1. The Kier molecular flexibility index (Phi) is 6.97. The lowest BCUT2D eigenvalue weighted by molar-refractivity contribution is -0.113. The van der Waals surface area contributed by atoms with Gasteiger partial charge in [0.2, 0.25) is 0 Å². The van der Waals surface area contributed by atoms with Gasteiger partial charge in [0, 0.05) is 43.3 Å². The summed E-state index contributed by atoms with van der Waals surface area (Å²) in [6.45, 7) is 4.70. The first kappa shape index (κ1) is 21.5. The van der Waals surface area contributed by atoms with Gasteiger partial charge >= 0.3 is 0 Å². The van der Waals surface area contributed by atoms with Crippen molar-refractivity contribution in [3.05, 3.63) is 82.9 Å². The molecule has 1 saturated heterocycles. The van der Waals surface area contributed by atoms with Crippen molar-refractivity contribution < 1.29 is 4.79 Å². The van der Waals surface area contributed by atoms with Gasteiger partial charge in [-0.1, -0.05) is 54.1 Å². The normalized spacial score (nSPS) is 16.2. The number of rotatable bonds is 7. The molecule has 0 saturated carbocycles. The Labute approximate surface area is 188 Å². The molecule has 6 heteroatoms. The summed E-state index contributed by atoms with van der Waals surface area (Å²) < 4.78 is 0. The van der Waals surface area contributed by atoms with E-state index in [1.807, 2.05) is 36.4 Å². The maximum Gasteiger partial charge on any atom is 0.141 e. The standard InChI is InChI=1S/C25H27ClN4O/c26-22-10-8-21(9-11-22)24(18-31)30-16-14-29(15-17-30)13-12-19-4-6-20(7-5-19)23-2-1-3-25(27)28-23/h1-11,18,24H,12-17H2,(H2,27,28). The molecule has 0 spiro atoms. The fourth-order valence-corrected chi connectivity index (χ4v) is 4.17. The molecule has 1 fully saturated rings. The third-order valence-corrected chi connectivity index (χ3v) is 6.13. The van der Waals surface area contributed by atoms with Crippen LogP contribution in [0.1, 0.15) is 17.2 Å². The van der Waals surface area contributed by atoms with Gasteiger partial charge in [0.1, 0.15) is 12.1 Å². The van der Waals surface area contributed by atoms with E-state index in [0.717, 1.165) is 62.3 Å². The molecule has 0 bridgehead atoms. The van der Waals surface area contributed by atoms with Crippen molar-refractivity contribution in [3.63, 3.8) is 0 Å². The van der Waals surface area contributed by atoms with Gasteiger partial charge in [-0.2, -0.15) is 0 Å². The van der Waals surface area contributed by atoms with Crippen LogP contribution in [0.2, 0.25) is 5.02 Å². The Balaban J connectivity index is 1.28. The fraction of sp³-hybridized carbons (Fsp3) is 0.280. The molecule has 2 heterocycles. The highest BCUT2D eigenvalue weighted by Gasteiger charge is 2.24. The van der Waals surface area contributed by atoms with Gasteiger partial charge < -0.3 is 15.4 Å². The van der Waals surface area contributed by atoms with Crippen LogP contribution in [0, 0.1) is 0 Å². The molecule has 160 valence electrons. The van der Waals surface area contributed by atoms with E-state index in [-0.39, 0.29) is 6.04 Å². The minimum atomic E-state index is -0.201. The Morgan fingerprint density at radius 2 is 1.68 bits per heavy atom. The smallest absolute Gasteiger partial charge is 0.141 e. The molecule has 0 amide bonds. The SMILES string of the molecule is Nc1cccc(-c2ccc(CCN3CCN(C(C=O)c4ccc(Cl)cc4)CC3)cc2)n1. The van der Waals surface area contributed by atoms with Gasteiger partial charge in [0.05, 0.1) is 11.7 Å². The van der Waals surface area contributed by atoms with Crippen molar-refractivity contribution in [1.82, 2.24) is 14.8 Å². The van der Waals surface area contributed by atoms with Gasteiger partial charge in [-0.05, 0) is 41.8 Å². The van der Waals surface area contributed by atoms with Crippen LogP contribution in [0.4, 0.5) is 5.82 Å². The topological polar surface area (TPSA) is 62.5 Å². The summed E-state index contributed by atoms with van der Waals surface area (Å²) in [5, 5.41) is 0.690. The Bertz CT molecular complexity index is 999. The van der Waals surface area contributed by atoms with Crippen molar-refractivity contribution in [1.29, 1.82) is 0 Å². The van der Waals surface area contributed by atoms with Crippen molar-refractivity contribution in [2.75, 3.05) is 38.5 Å². The number of pyridine rings is 1. The molecular weight excluding hydrogens is 408 g/mol. The lowest BCUT2D eigenvalue weighted by Gasteiger charge is -2.37. The second-order valence-corrected chi connectivity index (χ2v) is 8.34. The molecule has 0 aliphatic carbocycles. The summed E-state index contributed by atoms with van der Waals surface area (Å²) in [6.07, 6.45) is 2.04. The minimum absolute atomic E-state index is 0.201. The number of piperazine rings is 1. The molecule has 4 rings (SSSR count). The monoisotopic (exact) mass is 434 g/mol. The first-order valence-corrected chi connectivity index (χ1v) is 11.0. The molecule has 5 nitrogen and oxygen atoms in total. The minimum Gasteiger partial charge on any atom is -0.384 e. The molecule has 31 heavy (non-hydrogen) atoms. The molecule has 3 aromatic rings. The average Bonchev–Trinajstić information content (AvgIpc) is 2.80. The summed E-state index contributed by atoms with van der Waals surface area (Å²) in [5.74, 6) is 0.536. The number of halogens is 1. The van der Waals surface area contributed by atoms with Crippen LogP contribution in [0.3, 0.4) is 0 Å². The van der Waals surface area contributed by atoms with Crippen molar-refractivity contribution in [3.8, 4) is 11.3 Å². The van der Waals surface area contributed by atoms with E-state index in [2.05, 4.69) is 39.0 Å². The van der Waals surface area contributed by atoms with Crippen molar-refractivity contribution >= 4 is 23.7 Å². The van der Waals surface area contributed by atoms with Gasteiger partial charge in [-0.25, -0.2) is 4.98 Å². The number of nitrogen functional groups attached to an aromatic ring is 1. The highest BCUT2D eigenvalue weighted by atomic mass is 35.5. The third-order valence-electron chi connectivity index (χ3n) is 5.88. The van der Waals surface area contributed by atoms with Crippen LogP contribution >= 0.6 is 11.6 Å². The highest BCUT2D eigenvalue weighted by Crippen LogP contribution is 2.23. The lowest BCUT2D eigenvalue weighted by atomic mass is 10.0. The van der Waals surface area contributed by atoms with E-state index in [1.165, 1.54) is 5.56 Å². The first-order chi connectivity index (χ1) is 15.1. The molecule has 1 aliphatic heterocycles. The maximum atomic E-state index is 11.7. The zero-order valence-corrected chi connectivity index (χ0v) is 18.2. The Morgan fingerprint density at radius 1 is 0.968 bits per heavy atom. The second kappa shape index (κ2) is 10.1. The maximum absolute atomic E-state index is 11.7. The average molecular weight is 435 g/mol. The number of nitrogens with two attached hydrogens (primary N) is 1. The van der Waals surface area contributed by atoms with E-state index >= 15 is 0 Å². The summed E-state index contributed by atoms with van der Waals surface area (Å²) in [6, 6.07) is 21.6. The Morgan fingerprint density at radius 3 is 2.32 bits per heavy atom. The number of hydrogen-bond acceptors (Lipinski definition) is 5. The molecule has 1 atom stereocenters. The third kappa shape index (κ3) is 5.50. The first-order valence-electron chi connectivity index (χ1n) is 10.6. The number of aromatic nitrogens is 1. The summed E-state index contributed by atoms with van der Waals surface area (Å²) >= 11 is 5.98. The van der Waals surface area contributed by atoms with Crippen molar-refractivity contribution in [2.24, 2.45) is 0 Å². The number of carbonyl (C=O) groups excluding carboxylic acids is 1. The van der Waals surface area contributed by atoms with Crippen LogP contribution in [-0.2, 0) is 11.2 Å². The number of anilines is 1. The lowest BCUT2D eigenvalue weighted by Crippen LogP contribution is -2.48. The Hall–Kier alpha value is -2.73. The number of hydrogen-bond donors (Lipinski definition) is 1. The van der Waals surface area contributed by atoms with E-state index in [0.29, 0.717) is 10.8 Å². The summed E-state index contributed by atoms with van der Waals surface area (Å²) in [4.78, 5) is 20.8. The molecule has 2 aromatic carbocycles. The van der Waals surface area contributed by atoms with E-state index in [4.69, 9.17) is 17.3 Å². The van der Waals surface area contributed by atoms with Gasteiger partial charge in [-0.3, -0.25) is 4.90 Å². The molecule has 0 radical (unpaired) electrons. The van der Waals surface area contributed by atoms with Gasteiger partial charge in [0.15, 0.2) is 0 Å². The largest absolute Gasteiger partial charge is 0.384 e. The van der Waals surface area contributed by atoms with Gasteiger partial charge in [-0.15, -0.1) is 0 Å². The van der Waals surface area contributed by atoms with E-state index < -0.39 is 0 Å². The molecule has 1 aliphatic rings. The molecule has 2 N–H and O–H groups in total. The fourth-order valence-electron chi connectivity index (χ4n) is 4.04. The number of carbonyl (C=O) groups is 1. The van der Waals surface area contributed by atoms with Crippen LogP contribution in [-0.4, -0.2) is 53.8 Å². The van der Waals surface area contributed by atoms with Crippen LogP contribution in [0.5, 0.6) is 0 Å². The summed E-state index contributed by atoms with van der Waals surface area (Å²) in [7, 11) is 0. The highest BCUT2D eigenvalue weighted by molar-refractivity contribution is 6.30. The van der Waals surface area contributed by atoms with Crippen LogP contribution in [0.15, 0.2) is 66.7 Å².